The molecule has 208 valence electrons. The minimum Gasteiger partial charge on any atom is -0.494 e. The van der Waals surface area contributed by atoms with Crippen LogP contribution in [0, 0.1) is 0 Å². The molecule has 0 aromatic heterocycles. The maximum atomic E-state index is 12.8. The van der Waals surface area contributed by atoms with E-state index in [9.17, 15) is 18.8 Å². The van der Waals surface area contributed by atoms with Crippen molar-refractivity contribution in [1.82, 2.24) is 0 Å². The van der Waals surface area contributed by atoms with Crippen molar-refractivity contribution in [1.29, 1.82) is 0 Å². The number of carbonyl (C=O) groups is 3. The standard InChI is InChI=1S/C31H29FO8/c1-21(20-36-3)29(33)38-19-5-4-18-37-26-14-16-28(17-15-26)40-31(35)25-8-6-23(7-9-25)24-10-12-27(13-11-24)39-30(34)22(2)32/h6-17H,1-2,4-5,18-20H2,3H3. The molecule has 0 aliphatic carbocycles. The normalized spacial score (nSPS) is 10.3. The second-order valence-electron chi connectivity index (χ2n) is 8.49. The number of esters is 3. The van der Waals surface area contributed by atoms with E-state index in [1.807, 2.05) is 0 Å². The Hall–Kier alpha value is -4.76. The minimum absolute atomic E-state index is 0.138. The molecule has 9 heteroatoms. The van der Waals surface area contributed by atoms with E-state index in [0.717, 1.165) is 11.1 Å². The van der Waals surface area contributed by atoms with Crippen LogP contribution in [0.15, 0.2) is 97.4 Å². The zero-order valence-corrected chi connectivity index (χ0v) is 22.0. The van der Waals surface area contributed by atoms with Crippen LogP contribution in [-0.4, -0.2) is 44.8 Å². The van der Waals surface area contributed by atoms with E-state index in [4.69, 9.17) is 23.7 Å². The smallest absolute Gasteiger partial charge is 0.371 e. The first-order valence-corrected chi connectivity index (χ1v) is 12.3. The molecule has 0 bridgehead atoms. The summed E-state index contributed by atoms with van der Waals surface area (Å²) in [5.74, 6) is -2.13. The summed E-state index contributed by atoms with van der Waals surface area (Å²) in [5, 5.41) is 0. The minimum atomic E-state index is -1.18. The first-order chi connectivity index (χ1) is 19.3. The van der Waals surface area contributed by atoms with Gasteiger partial charge in [-0.3, -0.25) is 0 Å². The third-order valence-corrected chi connectivity index (χ3v) is 5.42. The summed E-state index contributed by atoms with van der Waals surface area (Å²) in [6.45, 7) is 7.33. The lowest BCUT2D eigenvalue weighted by Gasteiger charge is -2.09. The molecule has 0 saturated carbocycles. The van der Waals surface area contributed by atoms with Crippen molar-refractivity contribution < 1.29 is 42.5 Å². The van der Waals surface area contributed by atoms with Gasteiger partial charge in [0.05, 0.1) is 31.0 Å². The number of hydrogen-bond acceptors (Lipinski definition) is 8. The van der Waals surface area contributed by atoms with Crippen LogP contribution in [0.5, 0.6) is 17.2 Å². The van der Waals surface area contributed by atoms with Crippen LogP contribution in [0.2, 0.25) is 0 Å². The molecule has 0 saturated heterocycles. The van der Waals surface area contributed by atoms with Crippen molar-refractivity contribution in [3.63, 3.8) is 0 Å². The van der Waals surface area contributed by atoms with E-state index in [1.54, 1.807) is 60.7 Å². The topological polar surface area (TPSA) is 97.4 Å². The van der Waals surface area contributed by atoms with Crippen molar-refractivity contribution >= 4 is 17.9 Å². The SMILES string of the molecule is C=C(F)C(=O)Oc1ccc(-c2ccc(C(=O)Oc3ccc(OCCCCOC(=O)C(=C)COC)cc3)cc2)cc1. The third kappa shape index (κ3) is 9.21. The summed E-state index contributed by atoms with van der Waals surface area (Å²) >= 11 is 0. The summed E-state index contributed by atoms with van der Waals surface area (Å²) in [5.41, 5.74) is 2.26. The van der Waals surface area contributed by atoms with Gasteiger partial charge in [-0.25, -0.2) is 14.4 Å². The van der Waals surface area contributed by atoms with Crippen LogP contribution < -0.4 is 14.2 Å². The van der Waals surface area contributed by atoms with Crippen LogP contribution in [0.4, 0.5) is 4.39 Å². The lowest BCUT2D eigenvalue weighted by molar-refractivity contribution is -0.139. The van der Waals surface area contributed by atoms with Gasteiger partial charge in [0.1, 0.15) is 17.2 Å². The summed E-state index contributed by atoms with van der Waals surface area (Å²) in [6.07, 6.45) is 1.32. The molecule has 0 spiro atoms. The van der Waals surface area contributed by atoms with Gasteiger partial charge >= 0.3 is 17.9 Å². The van der Waals surface area contributed by atoms with Gasteiger partial charge in [0.15, 0.2) is 0 Å². The van der Waals surface area contributed by atoms with Gasteiger partial charge in [0, 0.05) is 7.11 Å². The number of carbonyl (C=O) groups excluding carboxylic acids is 3. The number of unbranched alkanes of at least 4 members (excludes halogenated alkanes) is 1. The summed E-state index contributed by atoms with van der Waals surface area (Å²) in [6, 6.07) is 19.9. The zero-order valence-electron chi connectivity index (χ0n) is 22.0. The maximum Gasteiger partial charge on any atom is 0.371 e. The molecule has 40 heavy (non-hydrogen) atoms. The Bertz CT molecular complexity index is 1330. The van der Waals surface area contributed by atoms with Gasteiger partial charge in [-0.2, -0.15) is 4.39 Å². The van der Waals surface area contributed by atoms with Gasteiger partial charge in [-0.05, 0) is 72.5 Å². The fourth-order valence-corrected chi connectivity index (χ4v) is 3.34. The van der Waals surface area contributed by atoms with Crippen molar-refractivity contribution in [3.8, 4) is 28.4 Å². The first kappa shape index (κ1) is 29.8. The van der Waals surface area contributed by atoms with E-state index < -0.39 is 23.7 Å². The second kappa shape index (κ2) is 15.0. The Kier molecular flexibility index (Phi) is 11.2. The largest absolute Gasteiger partial charge is 0.494 e. The lowest BCUT2D eigenvalue weighted by atomic mass is 10.0. The number of ether oxygens (including phenoxy) is 5. The Balaban J connectivity index is 1.42. The molecule has 3 aromatic rings. The number of rotatable bonds is 14. The lowest BCUT2D eigenvalue weighted by Crippen LogP contribution is -2.12. The van der Waals surface area contributed by atoms with Crippen molar-refractivity contribution in [2.75, 3.05) is 26.9 Å². The van der Waals surface area contributed by atoms with Crippen LogP contribution in [-0.2, 0) is 19.1 Å². The average Bonchev–Trinajstić information content (AvgIpc) is 2.96. The number of halogens is 1. The Morgan fingerprint density at radius 3 is 1.82 bits per heavy atom. The second-order valence-corrected chi connectivity index (χ2v) is 8.49. The van der Waals surface area contributed by atoms with E-state index >= 15 is 0 Å². The van der Waals surface area contributed by atoms with Crippen molar-refractivity contribution in [2.45, 2.75) is 12.8 Å². The van der Waals surface area contributed by atoms with Gasteiger partial charge in [0.2, 0.25) is 5.83 Å². The molecule has 3 rings (SSSR count). The molecule has 0 heterocycles. The van der Waals surface area contributed by atoms with Crippen LogP contribution in [0.25, 0.3) is 11.1 Å². The molecule has 0 aliphatic rings. The molecule has 0 N–H and O–H groups in total. The van der Waals surface area contributed by atoms with Crippen LogP contribution >= 0.6 is 0 Å². The van der Waals surface area contributed by atoms with Crippen LogP contribution in [0.3, 0.4) is 0 Å². The summed E-state index contributed by atoms with van der Waals surface area (Å²) in [4.78, 5) is 35.5. The van der Waals surface area contributed by atoms with Crippen LogP contribution in [0.1, 0.15) is 23.2 Å². The monoisotopic (exact) mass is 548 g/mol. The van der Waals surface area contributed by atoms with E-state index in [0.29, 0.717) is 36.5 Å². The van der Waals surface area contributed by atoms with E-state index in [1.165, 1.54) is 19.2 Å². The Morgan fingerprint density at radius 1 is 0.700 bits per heavy atom. The van der Waals surface area contributed by atoms with Gasteiger partial charge in [-0.15, -0.1) is 0 Å². The zero-order chi connectivity index (χ0) is 28.9. The maximum absolute atomic E-state index is 12.8. The molecular formula is C31H29FO8. The first-order valence-electron chi connectivity index (χ1n) is 12.3. The fourth-order valence-electron chi connectivity index (χ4n) is 3.34. The molecule has 0 aliphatic heterocycles. The molecule has 0 fully saturated rings. The molecular weight excluding hydrogens is 519 g/mol. The number of benzene rings is 3. The predicted molar refractivity (Wildman–Crippen MR) is 146 cm³/mol. The predicted octanol–water partition coefficient (Wildman–Crippen LogP) is 5.87. The highest BCUT2D eigenvalue weighted by Gasteiger charge is 2.11. The van der Waals surface area contributed by atoms with Gasteiger partial charge in [0.25, 0.3) is 0 Å². The van der Waals surface area contributed by atoms with E-state index in [2.05, 4.69) is 13.2 Å². The molecule has 0 unspecified atom stereocenters. The third-order valence-electron chi connectivity index (χ3n) is 5.42. The quantitative estimate of drug-likeness (QED) is 0.107. The van der Waals surface area contributed by atoms with Crippen molar-refractivity contribution in [2.24, 2.45) is 0 Å². The Morgan fingerprint density at radius 2 is 1.23 bits per heavy atom. The highest BCUT2D eigenvalue weighted by Crippen LogP contribution is 2.24. The van der Waals surface area contributed by atoms with Gasteiger partial charge in [-0.1, -0.05) is 37.4 Å². The molecule has 0 amide bonds. The van der Waals surface area contributed by atoms with Crippen molar-refractivity contribution in [3.05, 3.63) is 103 Å². The molecule has 8 nitrogen and oxygen atoms in total. The molecule has 3 aromatic carbocycles. The average molecular weight is 549 g/mol. The molecule has 0 atom stereocenters. The summed E-state index contributed by atoms with van der Waals surface area (Å²) < 4.78 is 38.7. The summed E-state index contributed by atoms with van der Waals surface area (Å²) in [7, 11) is 1.48. The number of methoxy groups -OCH3 is 1. The molecule has 0 radical (unpaired) electrons. The highest BCUT2D eigenvalue weighted by molar-refractivity contribution is 5.91. The highest BCUT2D eigenvalue weighted by atomic mass is 19.1. The Labute approximate surface area is 231 Å². The van der Waals surface area contributed by atoms with E-state index in [-0.39, 0.29) is 24.5 Å². The fraction of sp³-hybridized carbons (Fsp3) is 0.194. The van der Waals surface area contributed by atoms with Gasteiger partial charge < -0.3 is 23.7 Å². The number of hydrogen-bond donors (Lipinski definition) is 0.